The third-order valence-electron chi connectivity index (χ3n) is 15.7. The molecule has 74 heavy (non-hydrogen) atoms. The predicted molar refractivity (Wildman–Crippen MR) is 324 cm³/mol. The highest BCUT2D eigenvalue weighted by molar-refractivity contribution is 5.76. The first-order valence-electron chi connectivity index (χ1n) is 33.6. The third kappa shape index (κ3) is 59.6. The number of esters is 1. The number of aliphatic hydroxyl groups is 2. The lowest BCUT2D eigenvalue weighted by atomic mass is 10.0. The number of amides is 1. The molecule has 0 radical (unpaired) electrons. The van der Waals surface area contributed by atoms with E-state index in [-0.39, 0.29) is 18.5 Å². The molecule has 0 bridgehead atoms. The Hall–Kier alpha value is -1.66. The molecule has 0 heterocycles. The second-order valence-corrected chi connectivity index (χ2v) is 23.2. The highest BCUT2D eigenvalue weighted by Crippen LogP contribution is 2.19. The lowest BCUT2D eigenvalue weighted by Crippen LogP contribution is -2.45. The van der Waals surface area contributed by atoms with Gasteiger partial charge in [0.1, 0.15) is 0 Å². The normalized spacial score (nSPS) is 12.6. The average Bonchev–Trinajstić information content (AvgIpc) is 3.40. The fourth-order valence-corrected chi connectivity index (χ4v) is 10.6. The van der Waals surface area contributed by atoms with Crippen molar-refractivity contribution in [3.8, 4) is 0 Å². The van der Waals surface area contributed by atoms with Crippen molar-refractivity contribution in [2.45, 2.75) is 386 Å². The van der Waals surface area contributed by atoms with Crippen LogP contribution in [0.2, 0.25) is 0 Å². The maximum atomic E-state index is 12.5. The number of carbonyl (C=O) groups is 2. The summed E-state index contributed by atoms with van der Waals surface area (Å²) < 4.78 is 5.47. The van der Waals surface area contributed by atoms with Crippen LogP contribution in [-0.2, 0) is 14.3 Å². The topological polar surface area (TPSA) is 95.9 Å². The van der Waals surface area contributed by atoms with Gasteiger partial charge in [0.05, 0.1) is 25.4 Å². The quantitative estimate of drug-likeness (QED) is 0.0320. The van der Waals surface area contributed by atoms with Crippen molar-refractivity contribution >= 4 is 11.9 Å². The molecule has 0 aromatic heterocycles. The Bertz CT molecular complexity index is 1150. The van der Waals surface area contributed by atoms with Crippen molar-refractivity contribution in [2.75, 3.05) is 13.2 Å². The van der Waals surface area contributed by atoms with Crippen LogP contribution in [0.25, 0.3) is 0 Å². The van der Waals surface area contributed by atoms with Gasteiger partial charge in [0.2, 0.25) is 5.91 Å². The van der Waals surface area contributed by atoms with E-state index in [4.69, 9.17) is 4.74 Å². The summed E-state index contributed by atoms with van der Waals surface area (Å²) in [4.78, 5) is 24.6. The van der Waals surface area contributed by atoms with Crippen LogP contribution in [0.1, 0.15) is 373 Å². The summed E-state index contributed by atoms with van der Waals surface area (Å²) >= 11 is 0. The standard InChI is InChI=1S/C68H131NO5/c1-3-5-7-9-11-13-15-17-18-19-20-24-27-30-33-37-40-44-48-52-56-60-66(71)65(64-70)69-67(72)61-57-53-49-45-41-38-34-31-28-25-22-21-23-26-29-32-35-39-43-47-51-55-59-63-74-68(73)62-58-54-50-46-42-36-16-14-12-10-8-6-4-2/h8,10,14,16,65-66,70-71H,3-7,9,11-13,15,17-64H2,1-2H3,(H,69,72)/b10-8-,16-14-. The molecule has 1 amide bonds. The fourth-order valence-electron chi connectivity index (χ4n) is 10.6. The van der Waals surface area contributed by atoms with Crippen molar-refractivity contribution in [3.63, 3.8) is 0 Å². The largest absolute Gasteiger partial charge is 0.466 e. The number of hydrogen-bond donors (Lipinski definition) is 3. The van der Waals surface area contributed by atoms with E-state index in [1.54, 1.807) is 0 Å². The summed E-state index contributed by atoms with van der Waals surface area (Å²) in [5, 5.41) is 23.4. The second-order valence-electron chi connectivity index (χ2n) is 23.2. The van der Waals surface area contributed by atoms with Gasteiger partial charge in [0.15, 0.2) is 0 Å². The van der Waals surface area contributed by atoms with Gasteiger partial charge in [0, 0.05) is 12.8 Å². The Kier molecular flexibility index (Phi) is 62.4. The van der Waals surface area contributed by atoms with E-state index in [2.05, 4.69) is 43.5 Å². The summed E-state index contributed by atoms with van der Waals surface area (Å²) in [5.41, 5.74) is 0. The van der Waals surface area contributed by atoms with E-state index >= 15 is 0 Å². The lowest BCUT2D eigenvalue weighted by Gasteiger charge is -2.22. The van der Waals surface area contributed by atoms with E-state index in [0.717, 1.165) is 51.4 Å². The first-order chi connectivity index (χ1) is 36.5. The van der Waals surface area contributed by atoms with Gasteiger partial charge in [-0.3, -0.25) is 9.59 Å². The van der Waals surface area contributed by atoms with Crippen molar-refractivity contribution < 1.29 is 24.5 Å². The summed E-state index contributed by atoms with van der Waals surface area (Å²) in [7, 11) is 0. The monoisotopic (exact) mass is 1040 g/mol. The van der Waals surface area contributed by atoms with Crippen LogP contribution in [0.3, 0.4) is 0 Å². The van der Waals surface area contributed by atoms with Gasteiger partial charge in [0.25, 0.3) is 0 Å². The maximum Gasteiger partial charge on any atom is 0.305 e. The Balaban J connectivity index is 3.38. The number of unbranched alkanes of at least 4 members (excludes halogenated alkanes) is 48. The molecule has 0 saturated heterocycles. The van der Waals surface area contributed by atoms with Gasteiger partial charge in [-0.1, -0.05) is 334 Å². The lowest BCUT2D eigenvalue weighted by molar-refractivity contribution is -0.143. The fraction of sp³-hybridized carbons (Fsp3) is 0.912. The van der Waals surface area contributed by atoms with Crippen molar-refractivity contribution in [2.24, 2.45) is 0 Å². The molecule has 2 atom stereocenters. The highest BCUT2D eigenvalue weighted by atomic mass is 16.5. The molecule has 0 spiro atoms. The van der Waals surface area contributed by atoms with E-state index in [0.29, 0.717) is 25.9 Å². The minimum absolute atomic E-state index is 0.000248. The number of hydrogen-bond acceptors (Lipinski definition) is 5. The smallest absolute Gasteiger partial charge is 0.305 e. The van der Waals surface area contributed by atoms with Crippen LogP contribution in [-0.4, -0.2) is 47.4 Å². The van der Waals surface area contributed by atoms with Crippen LogP contribution < -0.4 is 5.32 Å². The SMILES string of the molecule is CCC/C=C\C/C=C\CCCCCCCC(=O)OCCCCCCCCCCCCCCCCCCCCCCCCCC(=O)NC(CO)C(O)CCCCCCCCCCCCCCCCCCCCCCC. The number of aliphatic hydroxyl groups excluding tert-OH is 2. The molecule has 6 heteroatoms. The molecule has 0 aliphatic heterocycles. The molecule has 0 saturated carbocycles. The summed E-state index contributed by atoms with van der Waals surface area (Å²) in [6, 6.07) is -0.542. The van der Waals surface area contributed by atoms with Gasteiger partial charge >= 0.3 is 5.97 Å². The Labute approximate surface area is 462 Å². The summed E-state index contributed by atoms with van der Waals surface area (Å²) in [5.74, 6) is -0.0308. The van der Waals surface area contributed by atoms with E-state index < -0.39 is 12.1 Å². The molecule has 3 N–H and O–H groups in total. The van der Waals surface area contributed by atoms with Crippen LogP contribution in [0.4, 0.5) is 0 Å². The van der Waals surface area contributed by atoms with Gasteiger partial charge in [-0.2, -0.15) is 0 Å². The zero-order valence-corrected chi connectivity index (χ0v) is 50.1. The first kappa shape index (κ1) is 72.3. The second kappa shape index (κ2) is 63.9. The predicted octanol–water partition coefficient (Wildman–Crippen LogP) is 21.4. The van der Waals surface area contributed by atoms with E-state index in [1.807, 2.05) is 0 Å². The molecule has 0 aliphatic carbocycles. The summed E-state index contributed by atoms with van der Waals surface area (Å²) in [6.45, 7) is 4.92. The van der Waals surface area contributed by atoms with Gasteiger partial charge in [-0.05, 0) is 51.4 Å². The summed E-state index contributed by atoms with van der Waals surface area (Å²) in [6.07, 6.45) is 79.2. The van der Waals surface area contributed by atoms with Crippen LogP contribution in [0, 0.1) is 0 Å². The van der Waals surface area contributed by atoms with Crippen LogP contribution in [0.15, 0.2) is 24.3 Å². The van der Waals surface area contributed by atoms with Crippen molar-refractivity contribution in [1.29, 1.82) is 0 Å². The molecule has 2 unspecified atom stereocenters. The number of ether oxygens (including phenoxy) is 1. The molecule has 438 valence electrons. The third-order valence-corrected chi connectivity index (χ3v) is 15.7. The van der Waals surface area contributed by atoms with Crippen LogP contribution >= 0.6 is 0 Å². The number of carbonyl (C=O) groups excluding carboxylic acids is 2. The Morgan fingerprint density at radius 2 is 0.703 bits per heavy atom. The number of rotatable bonds is 63. The van der Waals surface area contributed by atoms with Gasteiger partial charge in [-0.25, -0.2) is 0 Å². The molecule has 6 nitrogen and oxygen atoms in total. The van der Waals surface area contributed by atoms with E-state index in [1.165, 1.54) is 289 Å². The molecule has 0 aliphatic rings. The Morgan fingerprint density at radius 1 is 0.378 bits per heavy atom. The van der Waals surface area contributed by atoms with Crippen LogP contribution in [0.5, 0.6) is 0 Å². The van der Waals surface area contributed by atoms with Crippen molar-refractivity contribution in [3.05, 3.63) is 24.3 Å². The average molecular weight is 1040 g/mol. The van der Waals surface area contributed by atoms with E-state index in [9.17, 15) is 19.8 Å². The first-order valence-corrected chi connectivity index (χ1v) is 33.6. The minimum Gasteiger partial charge on any atom is -0.466 e. The number of allylic oxidation sites excluding steroid dienone is 4. The molecular weight excluding hydrogens is 911 g/mol. The minimum atomic E-state index is -0.665. The molecule has 0 aromatic rings. The van der Waals surface area contributed by atoms with Gasteiger partial charge < -0.3 is 20.3 Å². The molecule has 0 aromatic carbocycles. The molecular formula is C68H131NO5. The Morgan fingerprint density at radius 3 is 1.08 bits per heavy atom. The highest BCUT2D eigenvalue weighted by Gasteiger charge is 2.20. The molecule has 0 rings (SSSR count). The molecule has 0 fully saturated rings. The van der Waals surface area contributed by atoms with Gasteiger partial charge in [-0.15, -0.1) is 0 Å². The number of nitrogens with one attached hydrogen (secondary N) is 1. The zero-order valence-electron chi connectivity index (χ0n) is 50.1. The maximum absolute atomic E-state index is 12.5. The zero-order chi connectivity index (χ0) is 53.6. The van der Waals surface area contributed by atoms with Crippen molar-refractivity contribution in [1.82, 2.24) is 5.32 Å².